The Balaban J connectivity index is 1.92. The normalized spacial score (nSPS) is 11.0. The lowest BCUT2D eigenvalue weighted by Crippen LogP contribution is -1.99. The highest BCUT2D eigenvalue weighted by molar-refractivity contribution is 6.33. The standard InChI is InChI=1S/C15H15ClN4O/c1-2-7-21-11-5-3-10(4-6-11)20-18-14-8-12(16)13(17)9-15(14)19-20/h3-6,8-9H,2,7,17H2,1H3. The molecule has 0 aliphatic heterocycles. The van der Waals surface area contributed by atoms with Gasteiger partial charge in [-0.3, -0.25) is 0 Å². The van der Waals surface area contributed by atoms with Gasteiger partial charge in [-0.05, 0) is 42.8 Å². The summed E-state index contributed by atoms with van der Waals surface area (Å²) in [5, 5.41) is 9.29. The van der Waals surface area contributed by atoms with Gasteiger partial charge in [0, 0.05) is 0 Å². The number of nitrogens with two attached hydrogens (primary N) is 1. The van der Waals surface area contributed by atoms with Gasteiger partial charge in [0.05, 0.1) is 23.0 Å². The van der Waals surface area contributed by atoms with Crippen molar-refractivity contribution >= 4 is 28.3 Å². The topological polar surface area (TPSA) is 66.0 Å². The molecule has 0 bridgehead atoms. The Kier molecular flexibility index (Phi) is 3.66. The van der Waals surface area contributed by atoms with Gasteiger partial charge in [0.25, 0.3) is 0 Å². The lowest BCUT2D eigenvalue weighted by atomic mass is 10.3. The molecule has 108 valence electrons. The first-order valence-corrected chi connectivity index (χ1v) is 7.10. The summed E-state index contributed by atoms with van der Waals surface area (Å²) < 4.78 is 5.55. The predicted molar refractivity (Wildman–Crippen MR) is 84.1 cm³/mol. The molecular weight excluding hydrogens is 288 g/mol. The molecule has 0 aliphatic rings. The van der Waals surface area contributed by atoms with E-state index in [1.165, 1.54) is 0 Å². The summed E-state index contributed by atoms with van der Waals surface area (Å²) in [5.41, 5.74) is 8.55. The zero-order chi connectivity index (χ0) is 14.8. The van der Waals surface area contributed by atoms with E-state index < -0.39 is 0 Å². The summed E-state index contributed by atoms with van der Waals surface area (Å²) in [6.45, 7) is 2.78. The quantitative estimate of drug-likeness (QED) is 0.750. The molecule has 3 aromatic rings. The number of hydrogen-bond donors (Lipinski definition) is 1. The van der Waals surface area contributed by atoms with Crippen LogP contribution in [0.25, 0.3) is 16.7 Å². The molecule has 0 unspecified atom stereocenters. The molecule has 21 heavy (non-hydrogen) atoms. The van der Waals surface area contributed by atoms with Crippen LogP contribution in [0.4, 0.5) is 5.69 Å². The minimum atomic E-state index is 0.484. The number of halogens is 1. The van der Waals surface area contributed by atoms with E-state index in [1.54, 1.807) is 16.9 Å². The molecular formula is C15H15ClN4O. The molecule has 6 heteroatoms. The van der Waals surface area contributed by atoms with Crippen LogP contribution in [-0.2, 0) is 0 Å². The van der Waals surface area contributed by atoms with Crippen molar-refractivity contribution in [1.29, 1.82) is 0 Å². The SMILES string of the molecule is CCCOc1ccc(-n2nc3cc(N)c(Cl)cc3n2)cc1. The number of hydrogen-bond acceptors (Lipinski definition) is 4. The molecule has 2 aromatic carbocycles. The van der Waals surface area contributed by atoms with Gasteiger partial charge in [0.15, 0.2) is 0 Å². The minimum Gasteiger partial charge on any atom is -0.494 e. The van der Waals surface area contributed by atoms with Crippen molar-refractivity contribution in [3.05, 3.63) is 41.4 Å². The van der Waals surface area contributed by atoms with Crippen LogP contribution in [0.3, 0.4) is 0 Å². The minimum absolute atomic E-state index is 0.484. The van der Waals surface area contributed by atoms with Crippen molar-refractivity contribution in [2.45, 2.75) is 13.3 Å². The fourth-order valence-electron chi connectivity index (χ4n) is 1.97. The first-order valence-electron chi connectivity index (χ1n) is 6.72. The number of anilines is 1. The third-order valence-electron chi connectivity index (χ3n) is 3.04. The molecule has 0 spiro atoms. The zero-order valence-corrected chi connectivity index (χ0v) is 12.3. The summed E-state index contributed by atoms with van der Waals surface area (Å²) in [7, 11) is 0. The van der Waals surface area contributed by atoms with E-state index in [2.05, 4.69) is 17.1 Å². The smallest absolute Gasteiger partial charge is 0.119 e. The molecule has 5 nitrogen and oxygen atoms in total. The van der Waals surface area contributed by atoms with E-state index in [9.17, 15) is 0 Å². The second-order valence-corrected chi connectivity index (χ2v) is 5.10. The van der Waals surface area contributed by atoms with Crippen LogP contribution in [0.5, 0.6) is 5.75 Å². The molecule has 0 saturated carbocycles. The predicted octanol–water partition coefficient (Wildman–Crippen LogP) is 3.44. The maximum atomic E-state index is 5.99. The van der Waals surface area contributed by atoms with Gasteiger partial charge < -0.3 is 10.5 Å². The van der Waals surface area contributed by atoms with Crippen molar-refractivity contribution < 1.29 is 4.74 Å². The maximum Gasteiger partial charge on any atom is 0.119 e. The largest absolute Gasteiger partial charge is 0.494 e. The summed E-state index contributed by atoms with van der Waals surface area (Å²) in [6, 6.07) is 11.1. The molecule has 2 N–H and O–H groups in total. The van der Waals surface area contributed by atoms with Crippen molar-refractivity contribution in [2.75, 3.05) is 12.3 Å². The molecule has 0 radical (unpaired) electrons. The first-order chi connectivity index (χ1) is 10.2. The van der Waals surface area contributed by atoms with Gasteiger partial charge in [-0.1, -0.05) is 18.5 Å². The molecule has 1 heterocycles. The molecule has 1 aromatic heterocycles. The van der Waals surface area contributed by atoms with Gasteiger partial charge in [0.2, 0.25) is 0 Å². The number of nitrogen functional groups attached to an aromatic ring is 1. The van der Waals surface area contributed by atoms with Crippen molar-refractivity contribution in [2.24, 2.45) is 0 Å². The van der Waals surface area contributed by atoms with Crippen LogP contribution < -0.4 is 10.5 Å². The fourth-order valence-corrected chi connectivity index (χ4v) is 2.12. The zero-order valence-electron chi connectivity index (χ0n) is 11.6. The Hall–Kier alpha value is -2.27. The highest BCUT2D eigenvalue weighted by Gasteiger charge is 2.07. The summed E-state index contributed by atoms with van der Waals surface area (Å²) in [4.78, 5) is 1.56. The molecule has 3 rings (SSSR count). The summed E-state index contributed by atoms with van der Waals surface area (Å²) in [6.07, 6.45) is 0.982. The second kappa shape index (κ2) is 5.61. The monoisotopic (exact) mass is 302 g/mol. The molecule has 0 aliphatic carbocycles. The average molecular weight is 303 g/mol. The van der Waals surface area contributed by atoms with E-state index in [-0.39, 0.29) is 0 Å². The number of benzene rings is 2. The third-order valence-corrected chi connectivity index (χ3v) is 3.37. The lowest BCUT2D eigenvalue weighted by molar-refractivity contribution is 0.317. The number of fused-ring (bicyclic) bond motifs is 1. The van der Waals surface area contributed by atoms with E-state index in [1.807, 2.05) is 24.3 Å². The maximum absolute atomic E-state index is 5.99. The van der Waals surface area contributed by atoms with Gasteiger partial charge in [-0.25, -0.2) is 0 Å². The van der Waals surface area contributed by atoms with Crippen molar-refractivity contribution in [3.8, 4) is 11.4 Å². The Labute approximate surface area is 127 Å². The van der Waals surface area contributed by atoms with Gasteiger partial charge in [-0.2, -0.15) is 4.80 Å². The highest BCUT2D eigenvalue weighted by atomic mass is 35.5. The Bertz CT molecular complexity index is 728. The second-order valence-electron chi connectivity index (χ2n) is 4.69. The van der Waals surface area contributed by atoms with E-state index in [4.69, 9.17) is 22.1 Å². The van der Waals surface area contributed by atoms with Crippen molar-refractivity contribution in [1.82, 2.24) is 15.0 Å². The fraction of sp³-hybridized carbons (Fsp3) is 0.200. The summed E-state index contributed by atoms with van der Waals surface area (Å²) >= 11 is 5.99. The Morgan fingerprint density at radius 1 is 1.14 bits per heavy atom. The van der Waals surface area contributed by atoms with Crippen LogP contribution in [0, 0.1) is 0 Å². The van der Waals surface area contributed by atoms with Crippen LogP contribution >= 0.6 is 11.6 Å². The van der Waals surface area contributed by atoms with E-state index in [0.717, 1.165) is 17.9 Å². The molecule has 0 amide bonds. The lowest BCUT2D eigenvalue weighted by Gasteiger charge is -2.05. The number of rotatable bonds is 4. The third kappa shape index (κ3) is 2.78. The molecule has 0 saturated heterocycles. The van der Waals surface area contributed by atoms with Crippen LogP contribution in [-0.4, -0.2) is 21.6 Å². The van der Waals surface area contributed by atoms with Gasteiger partial charge in [0.1, 0.15) is 16.8 Å². The Morgan fingerprint density at radius 3 is 2.48 bits per heavy atom. The highest BCUT2D eigenvalue weighted by Crippen LogP contribution is 2.24. The number of aromatic nitrogens is 3. The first kappa shape index (κ1) is 13.7. The van der Waals surface area contributed by atoms with Gasteiger partial charge in [-0.15, -0.1) is 10.2 Å². The summed E-state index contributed by atoms with van der Waals surface area (Å²) in [5.74, 6) is 0.838. The average Bonchev–Trinajstić information content (AvgIpc) is 2.89. The van der Waals surface area contributed by atoms with Gasteiger partial charge >= 0.3 is 0 Å². The molecule has 0 atom stereocenters. The number of ether oxygens (including phenoxy) is 1. The Morgan fingerprint density at radius 2 is 1.81 bits per heavy atom. The van der Waals surface area contributed by atoms with Crippen LogP contribution in [0.15, 0.2) is 36.4 Å². The van der Waals surface area contributed by atoms with E-state index in [0.29, 0.717) is 28.4 Å². The number of nitrogens with zero attached hydrogens (tertiary/aromatic N) is 3. The van der Waals surface area contributed by atoms with Crippen LogP contribution in [0.2, 0.25) is 5.02 Å². The van der Waals surface area contributed by atoms with E-state index >= 15 is 0 Å². The van der Waals surface area contributed by atoms with Crippen molar-refractivity contribution in [3.63, 3.8) is 0 Å². The molecule has 0 fully saturated rings. The van der Waals surface area contributed by atoms with Crippen LogP contribution in [0.1, 0.15) is 13.3 Å².